The van der Waals surface area contributed by atoms with E-state index in [9.17, 15) is 9.59 Å². The van der Waals surface area contributed by atoms with Crippen molar-refractivity contribution in [1.82, 2.24) is 10.6 Å². The summed E-state index contributed by atoms with van der Waals surface area (Å²) in [4.78, 5) is 26.0. The van der Waals surface area contributed by atoms with Gasteiger partial charge in [-0.2, -0.15) is 0 Å². The predicted molar refractivity (Wildman–Crippen MR) is 81.1 cm³/mol. The van der Waals surface area contributed by atoms with Gasteiger partial charge in [0.15, 0.2) is 0 Å². The van der Waals surface area contributed by atoms with Crippen LogP contribution in [-0.4, -0.2) is 30.6 Å². The van der Waals surface area contributed by atoms with Crippen molar-refractivity contribution in [2.24, 2.45) is 0 Å². The molecule has 0 bridgehead atoms. The number of hydrogen-bond donors (Lipinski definition) is 2. The van der Waals surface area contributed by atoms with Gasteiger partial charge in [-0.3, -0.25) is 4.79 Å². The number of amides is 3. The normalized spacial score (nSPS) is 22.6. The van der Waals surface area contributed by atoms with Gasteiger partial charge in [0.05, 0.1) is 0 Å². The minimum absolute atomic E-state index is 0.0252. The van der Waals surface area contributed by atoms with Crippen LogP contribution in [0.15, 0.2) is 30.3 Å². The monoisotopic (exact) mass is 287 g/mol. The van der Waals surface area contributed by atoms with Crippen LogP contribution < -0.4 is 15.5 Å². The molecule has 1 saturated carbocycles. The molecule has 1 aliphatic heterocycles. The van der Waals surface area contributed by atoms with Gasteiger partial charge in [0.1, 0.15) is 6.04 Å². The third-order valence-corrected chi connectivity index (χ3v) is 4.27. The molecule has 5 nitrogen and oxygen atoms in total. The maximum absolute atomic E-state index is 12.4. The number of hydrogen-bond acceptors (Lipinski definition) is 2. The van der Waals surface area contributed by atoms with Crippen LogP contribution in [0.2, 0.25) is 0 Å². The Bertz CT molecular complexity index is 512. The van der Waals surface area contributed by atoms with E-state index < -0.39 is 6.04 Å². The summed E-state index contributed by atoms with van der Waals surface area (Å²) in [5, 5.41) is 5.77. The Kier molecular flexibility index (Phi) is 4.08. The van der Waals surface area contributed by atoms with Gasteiger partial charge in [-0.25, -0.2) is 4.79 Å². The molecule has 1 aromatic rings. The summed E-state index contributed by atoms with van der Waals surface area (Å²) in [7, 11) is 0. The van der Waals surface area contributed by atoms with E-state index in [1.165, 1.54) is 12.8 Å². The molecule has 0 radical (unpaired) electrons. The molecule has 3 amide bonds. The number of carbonyl (C=O) groups excluding carboxylic acids is 2. The zero-order valence-electron chi connectivity index (χ0n) is 12.0. The lowest BCUT2D eigenvalue weighted by molar-refractivity contribution is -0.118. The van der Waals surface area contributed by atoms with Gasteiger partial charge in [-0.15, -0.1) is 0 Å². The number of carbonyl (C=O) groups is 2. The van der Waals surface area contributed by atoms with E-state index in [0.717, 1.165) is 18.5 Å². The summed E-state index contributed by atoms with van der Waals surface area (Å²) in [5.41, 5.74) is 0.892. The first-order valence-electron chi connectivity index (χ1n) is 7.67. The fraction of sp³-hybridized carbons (Fsp3) is 0.500. The molecule has 112 valence electrons. The van der Waals surface area contributed by atoms with E-state index >= 15 is 0 Å². The van der Waals surface area contributed by atoms with Crippen LogP contribution in [0, 0.1) is 0 Å². The second-order valence-electron chi connectivity index (χ2n) is 5.77. The number of anilines is 1. The lowest BCUT2D eigenvalue weighted by atomic mass is 10.2. The summed E-state index contributed by atoms with van der Waals surface area (Å²) >= 11 is 0. The zero-order valence-corrected chi connectivity index (χ0v) is 12.0. The van der Waals surface area contributed by atoms with Crippen LogP contribution in [0.1, 0.15) is 32.1 Å². The van der Waals surface area contributed by atoms with Crippen LogP contribution in [0.5, 0.6) is 0 Å². The summed E-state index contributed by atoms with van der Waals surface area (Å²) in [6.45, 7) is 0.650. The molecule has 21 heavy (non-hydrogen) atoms. The molecule has 1 aromatic carbocycles. The first-order chi connectivity index (χ1) is 10.2. The van der Waals surface area contributed by atoms with Crippen LogP contribution >= 0.6 is 0 Å². The van der Waals surface area contributed by atoms with Crippen LogP contribution in [0.25, 0.3) is 0 Å². The molecule has 1 heterocycles. The number of urea groups is 1. The van der Waals surface area contributed by atoms with E-state index in [1.54, 1.807) is 4.90 Å². The van der Waals surface area contributed by atoms with Crippen molar-refractivity contribution in [1.29, 1.82) is 0 Å². The van der Waals surface area contributed by atoms with Crippen LogP contribution in [0.3, 0.4) is 0 Å². The Hall–Kier alpha value is -2.04. The Morgan fingerprint density at radius 3 is 2.48 bits per heavy atom. The van der Waals surface area contributed by atoms with Gasteiger partial charge < -0.3 is 15.5 Å². The molecule has 1 atom stereocenters. The molecule has 0 unspecified atom stereocenters. The average Bonchev–Trinajstić information content (AvgIpc) is 3.11. The van der Waals surface area contributed by atoms with Gasteiger partial charge in [0.25, 0.3) is 0 Å². The number of benzene rings is 1. The number of nitrogens with zero attached hydrogens (tertiary/aromatic N) is 1. The molecular formula is C16H21N3O2. The molecule has 0 spiro atoms. The van der Waals surface area contributed by atoms with Crippen molar-refractivity contribution in [2.75, 3.05) is 11.4 Å². The third-order valence-electron chi connectivity index (χ3n) is 4.27. The highest BCUT2D eigenvalue weighted by Gasteiger charge is 2.33. The van der Waals surface area contributed by atoms with Crippen molar-refractivity contribution >= 4 is 17.6 Å². The molecule has 3 rings (SSSR count). The largest absolute Gasteiger partial charge is 0.335 e. The summed E-state index contributed by atoms with van der Waals surface area (Å²) in [5.74, 6) is -0.0252. The van der Waals surface area contributed by atoms with E-state index in [0.29, 0.717) is 13.0 Å². The predicted octanol–water partition coefficient (Wildman–Crippen LogP) is 2.03. The number of rotatable bonds is 3. The smallest absolute Gasteiger partial charge is 0.315 e. The number of para-hydroxylation sites is 1. The highest BCUT2D eigenvalue weighted by atomic mass is 16.2. The minimum atomic E-state index is -0.411. The third kappa shape index (κ3) is 3.17. The Morgan fingerprint density at radius 1 is 1.05 bits per heavy atom. The first-order valence-corrected chi connectivity index (χ1v) is 7.67. The molecule has 5 heteroatoms. The Balaban J connectivity index is 1.55. The SMILES string of the molecule is O=C(NC1CCCC1)N[C@@H]1CCN(c2ccccc2)C1=O. The topological polar surface area (TPSA) is 61.4 Å². The van der Waals surface area contributed by atoms with Gasteiger partial charge in [-0.05, 0) is 31.4 Å². The lowest BCUT2D eigenvalue weighted by Crippen LogP contribution is -2.48. The van der Waals surface area contributed by atoms with Crippen LogP contribution in [0.4, 0.5) is 10.5 Å². The van der Waals surface area contributed by atoms with Gasteiger partial charge in [0.2, 0.25) is 5.91 Å². The maximum Gasteiger partial charge on any atom is 0.315 e. The standard InChI is InChI=1S/C16H21N3O2/c20-15-14(18-16(21)17-12-6-4-5-7-12)10-11-19(15)13-8-2-1-3-9-13/h1-3,8-9,12,14H,4-7,10-11H2,(H2,17,18,21)/t14-/m1/s1. The Labute approximate surface area is 124 Å². The highest BCUT2D eigenvalue weighted by Crippen LogP contribution is 2.21. The van der Waals surface area contributed by atoms with Crippen molar-refractivity contribution in [3.8, 4) is 0 Å². The fourth-order valence-electron chi connectivity index (χ4n) is 3.13. The van der Waals surface area contributed by atoms with Gasteiger partial charge in [-0.1, -0.05) is 31.0 Å². The molecule has 1 saturated heterocycles. The molecule has 0 aromatic heterocycles. The molecule has 2 fully saturated rings. The van der Waals surface area contributed by atoms with Crippen molar-refractivity contribution in [3.63, 3.8) is 0 Å². The number of nitrogens with one attached hydrogen (secondary N) is 2. The minimum Gasteiger partial charge on any atom is -0.335 e. The summed E-state index contributed by atoms with van der Waals surface area (Å²) in [6.07, 6.45) is 5.10. The van der Waals surface area contributed by atoms with Gasteiger partial charge >= 0.3 is 6.03 Å². The summed E-state index contributed by atoms with van der Waals surface area (Å²) < 4.78 is 0. The summed E-state index contributed by atoms with van der Waals surface area (Å²) in [6, 6.07) is 9.23. The molecule has 2 N–H and O–H groups in total. The fourth-order valence-corrected chi connectivity index (χ4v) is 3.13. The van der Waals surface area contributed by atoms with Crippen molar-refractivity contribution in [2.45, 2.75) is 44.2 Å². The van der Waals surface area contributed by atoms with E-state index in [4.69, 9.17) is 0 Å². The molecule has 1 aliphatic carbocycles. The van der Waals surface area contributed by atoms with E-state index in [2.05, 4.69) is 10.6 Å². The molecular weight excluding hydrogens is 266 g/mol. The van der Waals surface area contributed by atoms with Crippen molar-refractivity contribution in [3.05, 3.63) is 30.3 Å². The molecule has 2 aliphatic rings. The zero-order chi connectivity index (χ0) is 14.7. The van der Waals surface area contributed by atoms with E-state index in [1.807, 2.05) is 30.3 Å². The van der Waals surface area contributed by atoms with Crippen LogP contribution in [-0.2, 0) is 4.79 Å². The Morgan fingerprint density at radius 2 is 1.76 bits per heavy atom. The first kappa shape index (κ1) is 13.9. The second-order valence-corrected chi connectivity index (χ2v) is 5.77. The average molecular weight is 287 g/mol. The quantitative estimate of drug-likeness (QED) is 0.893. The maximum atomic E-state index is 12.4. The van der Waals surface area contributed by atoms with Gasteiger partial charge in [0, 0.05) is 18.3 Å². The second kappa shape index (κ2) is 6.16. The van der Waals surface area contributed by atoms with E-state index in [-0.39, 0.29) is 18.0 Å². The highest BCUT2D eigenvalue weighted by molar-refractivity contribution is 6.01. The van der Waals surface area contributed by atoms with Crippen molar-refractivity contribution < 1.29 is 9.59 Å². The lowest BCUT2D eigenvalue weighted by Gasteiger charge is -2.18.